The first kappa shape index (κ1) is 15.1. The van der Waals surface area contributed by atoms with E-state index in [1.807, 2.05) is 7.05 Å². The van der Waals surface area contributed by atoms with Crippen molar-refractivity contribution in [2.24, 2.45) is 5.84 Å². The van der Waals surface area contributed by atoms with Gasteiger partial charge in [0.05, 0.1) is 12.4 Å². The van der Waals surface area contributed by atoms with Gasteiger partial charge in [0.15, 0.2) is 0 Å². The normalized spacial score (nSPS) is 21.1. The number of hydrogen-bond donors (Lipinski definition) is 2. The highest BCUT2D eigenvalue weighted by Gasteiger charge is 2.30. The van der Waals surface area contributed by atoms with Gasteiger partial charge >= 0.3 is 0 Å². The van der Waals surface area contributed by atoms with Gasteiger partial charge in [-0.05, 0) is 26.4 Å². The van der Waals surface area contributed by atoms with Crippen LogP contribution < -0.4 is 11.3 Å². The summed E-state index contributed by atoms with van der Waals surface area (Å²) in [6, 6.07) is -0.0222. The number of anilines is 1. The molecule has 1 aromatic rings. The molecule has 0 bridgehead atoms. The first-order chi connectivity index (χ1) is 9.45. The van der Waals surface area contributed by atoms with Crippen molar-refractivity contribution < 1.29 is 8.42 Å². The molecule has 3 N–H and O–H groups in total. The van der Waals surface area contributed by atoms with Gasteiger partial charge in [0.2, 0.25) is 16.0 Å². The molecule has 0 spiro atoms. The summed E-state index contributed by atoms with van der Waals surface area (Å²) in [5.41, 5.74) is 2.27. The fourth-order valence-corrected chi connectivity index (χ4v) is 3.59. The summed E-state index contributed by atoms with van der Waals surface area (Å²) in [5, 5.41) is 0. The molecule has 2 heterocycles. The standard InChI is InChI=1S/C11H20N6O2S/c1-16-5-3-4-9(8-16)17(2)20(18,19)10-6-13-11(15-12)14-7-10/h6-7,9H,3-5,8,12H2,1-2H3,(H,13,14,15). The zero-order chi connectivity index (χ0) is 14.8. The van der Waals surface area contributed by atoms with E-state index in [0.717, 1.165) is 25.9 Å². The monoisotopic (exact) mass is 300 g/mol. The van der Waals surface area contributed by atoms with Crippen molar-refractivity contribution in [2.75, 3.05) is 32.6 Å². The lowest BCUT2D eigenvalue weighted by Gasteiger charge is -2.35. The number of likely N-dealkylation sites (N-methyl/N-ethyl adjacent to an activating group) is 2. The van der Waals surface area contributed by atoms with E-state index in [-0.39, 0.29) is 16.9 Å². The average molecular weight is 300 g/mol. The van der Waals surface area contributed by atoms with E-state index in [1.54, 1.807) is 7.05 Å². The van der Waals surface area contributed by atoms with E-state index in [2.05, 4.69) is 20.3 Å². The van der Waals surface area contributed by atoms with Crippen molar-refractivity contribution in [2.45, 2.75) is 23.8 Å². The van der Waals surface area contributed by atoms with Crippen LogP contribution in [0.4, 0.5) is 5.95 Å². The first-order valence-corrected chi connectivity index (χ1v) is 7.84. The highest BCUT2D eigenvalue weighted by atomic mass is 32.2. The molecule has 8 nitrogen and oxygen atoms in total. The smallest absolute Gasteiger partial charge is 0.246 e. The lowest BCUT2D eigenvalue weighted by atomic mass is 10.1. The summed E-state index contributed by atoms with van der Waals surface area (Å²) in [5.74, 6) is 5.34. The molecule has 0 amide bonds. The molecule has 0 aromatic carbocycles. The molecule has 9 heteroatoms. The van der Waals surface area contributed by atoms with Crippen molar-refractivity contribution >= 4 is 16.0 Å². The third-order valence-corrected chi connectivity index (χ3v) is 5.41. The van der Waals surface area contributed by atoms with E-state index in [9.17, 15) is 8.42 Å². The fourth-order valence-electron chi connectivity index (χ4n) is 2.32. The van der Waals surface area contributed by atoms with E-state index in [4.69, 9.17) is 5.84 Å². The number of nitrogens with two attached hydrogens (primary N) is 1. The molecule has 112 valence electrons. The Labute approximate surface area is 119 Å². The van der Waals surface area contributed by atoms with E-state index in [0.29, 0.717) is 0 Å². The third kappa shape index (κ3) is 3.06. The molecule has 20 heavy (non-hydrogen) atoms. The Morgan fingerprint density at radius 2 is 2.10 bits per heavy atom. The molecular formula is C11H20N6O2S. The number of nitrogens with one attached hydrogen (secondary N) is 1. The van der Waals surface area contributed by atoms with Gasteiger partial charge in [-0.2, -0.15) is 4.31 Å². The zero-order valence-corrected chi connectivity index (χ0v) is 12.5. The molecular weight excluding hydrogens is 280 g/mol. The number of sulfonamides is 1. The Morgan fingerprint density at radius 3 is 2.65 bits per heavy atom. The van der Waals surface area contributed by atoms with Gasteiger partial charge in [-0.3, -0.25) is 5.43 Å². The largest absolute Gasteiger partial charge is 0.305 e. The molecule has 1 aromatic heterocycles. The summed E-state index contributed by atoms with van der Waals surface area (Å²) in [7, 11) is 0.0289. The minimum Gasteiger partial charge on any atom is -0.305 e. The van der Waals surface area contributed by atoms with Gasteiger partial charge in [-0.15, -0.1) is 0 Å². The minimum atomic E-state index is -3.57. The maximum absolute atomic E-state index is 12.5. The Kier molecular flexibility index (Phi) is 4.53. The fraction of sp³-hybridized carbons (Fsp3) is 0.636. The number of hydrazine groups is 1. The Balaban J connectivity index is 2.19. The van der Waals surface area contributed by atoms with Gasteiger partial charge in [0, 0.05) is 19.6 Å². The van der Waals surface area contributed by atoms with Crippen molar-refractivity contribution in [3.8, 4) is 0 Å². The van der Waals surface area contributed by atoms with Crippen LogP contribution in [0.5, 0.6) is 0 Å². The number of likely N-dealkylation sites (tertiary alicyclic amines) is 1. The second kappa shape index (κ2) is 6.00. The van der Waals surface area contributed by atoms with Crippen molar-refractivity contribution in [1.29, 1.82) is 0 Å². The van der Waals surface area contributed by atoms with Crippen LogP contribution in [0.2, 0.25) is 0 Å². The van der Waals surface area contributed by atoms with Crippen LogP contribution in [0.15, 0.2) is 17.3 Å². The predicted octanol–water partition coefficient (Wildman–Crippen LogP) is -0.523. The van der Waals surface area contributed by atoms with Crippen LogP contribution in [-0.2, 0) is 10.0 Å². The Morgan fingerprint density at radius 1 is 1.45 bits per heavy atom. The number of nitrogen functional groups attached to an aromatic ring is 1. The Bertz CT molecular complexity index is 547. The van der Waals surface area contributed by atoms with Crippen molar-refractivity contribution in [3.05, 3.63) is 12.4 Å². The van der Waals surface area contributed by atoms with E-state index in [1.165, 1.54) is 16.7 Å². The van der Waals surface area contributed by atoms with Crippen LogP contribution in [0.1, 0.15) is 12.8 Å². The minimum absolute atomic E-state index is 0.0222. The van der Waals surface area contributed by atoms with Crippen LogP contribution in [-0.4, -0.2) is 60.8 Å². The average Bonchev–Trinajstić information content (AvgIpc) is 2.46. The zero-order valence-electron chi connectivity index (χ0n) is 11.7. The molecule has 1 aliphatic rings. The van der Waals surface area contributed by atoms with Gasteiger partial charge in [0.25, 0.3) is 0 Å². The molecule has 1 fully saturated rings. The van der Waals surface area contributed by atoms with Gasteiger partial charge in [-0.25, -0.2) is 24.2 Å². The van der Waals surface area contributed by atoms with E-state index >= 15 is 0 Å². The number of aromatic nitrogens is 2. The maximum atomic E-state index is 12.5. The molecule has 0 aliphatic carbocycles. The van der Waals surface area contributed by atoms with Gasteiger partial charge < -0.3 is 4.90 Å². The highest BCUT2D eigenvalue weighted by Crippen LogP contribution is 2.21. The molecule has 1 unspecified atom stereocenters. The topological polar surface area (TPSA) is 104 Å². The number of hydrogen-bond acceptors (Lipinski definition) is 7. The van der Waals surface area contributed by atoms with Crippen molar-refractivity contribution in [1.82, 2.24) is 19.2 Å². The summed E-state index contributed by atoms with van der Waals surface area (Å²) < 4.78 is 26.4. The van der Waals surface area contributed by atoms with Crippen LogP contribution >= 0.6 is 0 Å². The second-order valence-corrected chi connectivity index (χ2v) is 6.96. The first-order valence-electron chi connectivity index (χ1n) is 6.40. The molecule has 1 atom stereocenters. The highest BCUT2D eigenvalue weighted by molar-refractivity contribution is 7.89. The molecule has 2 rings (SSSR count). The lowest BCUT2D eigenvalue weighted by Crippen LogP contribution is -2.47. The molecule has 1 aliphatic heterocycles. The maximum Gasteiger partial charge on any atom is 0.246 e. The van der Waals surface area contributed by atoms with E-state index < -0.39 is 10.0 Å². The summed E-state index contributed by atoms with van der Waals surface area (Å²) in [6.45, 7) is 1.74. The number of rotatable bonds is 4. The Hall–Kier alpha value is -1.29. The van der Waals surface area contributed by atoms with Crippen LogP contribution in [0, 0.1) is 0 Å². The van der Waals surface area contributed by atoms with Crippen molar-refractivity contribution in [3.63, 3.8) is 0 Å². The molecule has 0 saturated carbocycles. The summed E-state index contributed by atoms with van der Waals surface area (Å²) in [4.78, 5) is 9.90. The lowest BCUT2D eigenvalue weighted by molar-refractivity contribution is 0.187. The second-order valence-electron chi connectivity index (χ2n) is 4.97. The van der Waals surface area contributed by atoms with Gasteiger partial charge in [-0.1, -0.05) is 0 Å². The number of piperidine rings is 1. The SMILES string of the molecule is CN1CCCC(N(C)S(=O)(=O)c2cnc(NN)nc2)C1. The summed E-state index contributed by atoms with van der Waals surface area (Å²) in [6.07, 6.45) is 4.39. The molecule has 1 saturated heterocycles. The number of nitrogens with zero attached hydrogens (tertiary/aromatic N) is 4. The summed E-state index contributed by atoms with van der Waals surface area (Å²) >= 11 is 0. The van der Waals surface area contributed by atoms with Gasteiger partial charge in [0.1, 0.15) is 4.90 Å². The van der Waals surface area contributed by atoms with Crippen LogP contribution in [0.25, 0.3) is 0 Å². The van der Waals surface area contributed by atoms with Crippen LogP contribution in [0.3, 0.4) is 0 Å². The quantitative estimate of drug-likeness (QED) is 0.569. The third-order valence-electron chi connectivity index (χ3n) is 3.55. The predicted molar refractivity (Wildman–Crippen MR) is 75.3 cm³/mol. The molecule has 0 radical (unpaired) electrons.